The third-order valence-corrected chi connectivity index (χ3v) is 17.4. The van der Waals surface area contributed by atoms with E-state index in [9.17, 15) is 47.1 Å². The molecule has 7 aromatic rings. The van der Waals surface area contributed by atoms with Crippen molar-refractivity contribution in [3.8, 4) is 34.6 Å². The summed E-state index contributed by atoms with van der Waals surface area (Å²) >= 11 is 7.67. The number of amides is 2. The minimum Gasteiger partial charge on any atom is -0.461 e. The Morgan fingerprint density at radius 2 is 1.84 bits per heavy atom. The van der Waals surface area contributed by atoms with Gasteiger partial charge in [0, 0.05) is 78.1 Å². The molecular weight excluding hydrogens is 1130 g/mol. The number of esters is 1. The number of cyclic esters (lactones) is 1. The first kappa shape index (κ1) is 54.5. The first-order valence-corrected chi connectivity index (χ1v) is 26.9. The van der Waals surface area contributed by atoms with E-state index in [-0.39, 0.29) is 158 Å². The van der Waals surface area contributed by atoms with Crippen LogP contribution in [0.2, 0.25) is 5.02 Å². The maximum absolute atomic E-state index is 17.4. The molecule has 18 nitrogen and oxygen atoms in total. The molecule has 3 aromatic carbocycles. The van der Waals surface area contributed by atoms with Gasteiger partial charge < -0.3 is 39.4 Å². The molecule has 3 fully saturated rings. The molecule has 27 heteroatoms. The van der Waals surface area contributed by atoms with Gasteiger partial charge >= 0.3 is 24.2 Å². The quantitative estimate of drug-likeness (QED) is 0.0660. The van der Waals surface area contributed by atoms with E-state index in [2.05, 4.69) is 21.5 Å². The Labute approximate surface area is 468 Å². The Bertz CT molecular complexity index is 4070. The highest BCUT2D eigenvalue weighted by molar-refractivity contribution is 7.23. The third kappa shape index (κ3) is 8.77. The van der Waals surface area contributed by atoms with Gasteiger partial charge in [-0.05, 0) is 61.7 Å². The monoisotopic (exact) mass is 1170 g/mol. The number of carbonyl (C=O) groups is 3. The van der Waals surface area contributed by atoms with E-state index in [0.29, 0.717) is 18.5 Å². The molecule has 424 valence electrons. The molecule has 0 bridgehead atoms. The predicted octanol–water partition coefficient (Wildman–Crippen LogP) is 8.77. The largest absolute Gasteiger partial charge is 0.461 e. The number of nitrogen functional groups attached to an aromatic ring is 1. The molecule has 12 rings (SSSR count). The molecule has 5 aliphatic rings. The summed E-state index contributed by atoms with van der Waals surface area (Å²) in [5.74, 6) is -4.98. The summed E-state index contributed by atoms with van der Waals surface area (Å²) < 4.78 is 125. The summed E-state index contributed by atoms with van der Waals surface area (Å²) in [6, 6.07) is 10.3. The lowest BCUT2D eigenvalue weighted by Crippen LogP contribution is -2.51. The number of hydrogen-bond donors (Lipinski definition) is 3. The fraction of sp³-hybridized carbons (Fsp3) is 0.345. The SMILES string of the molecule is C=C(C(=O)N1CCN(c2nc(OCC34CCCN3CC(F)C4)nc3c(F)c(-c4ccc(F)c5sc(N)c(C#N)c45)c(Cl)cc23)CC1)C(OC(=O)Nc1cc2cc3c(nc2cc1F)-c1cc2c(c(=O)n1C3)COC(=O)C2(O)CC)C(F)(F)F. The van der Waals surface area contributed by atoms with E-state index >= 15 is 13.2 Å². The van der Waals surface area contributed by atoms with Crippen molar-refractivity contribution in [3.63, 3.8) is 0 Å². The molecule has 5 aliphatic heterocycles. The normalized spacial score (nSPS) is 20.8. The van der Waals surface area contributed by atoms with Crippen LogP contribution in [0.25, 0.3) is 54.4 Å². The number of aromatic nitrogens is 4. The van der Waals surface area contributed by atoms with Crippen LogP contribution in [0.3, 0.4) is 0 Å². The molecule has 4 aromatic heterocycles. The number of nitriles is 1. The summed E-state index contributed by atoms with van der Waals surface area (Å²) in [5.41, 5.74) is 1.40. The topological polar surface area (TPSA) is 231 Å². The highest BCUT2D eigenvalue weighted by atomic mass is 35.5. The van der Waals surface area contributed by atoms with Crippen molar-refractivity contribution in [1.82, 2.24) is 29.3 Å². The number of anilines is 3. The fourth-order valence-electron chi connectivity index (χ4n) is 12.0. The number of aliphatic hydroxyl groups is 1. The maximum atomic E-state index is 17.4. The number of alkyl halides is 4. The van der Waals surface area contributed by atoms with Gasteiger partial charge in [0.25, 0.3) is 11.5 Å². The van der Waals surface area contributed by atoms with Crippen LogP contribution in [0.1, 0.15) is 54.9 Å². The Morgan fingerprint density at radius 1 is 1.07 bits per heavy atom. The second-order valence-corrected chi connectivity index (χ2v) is 22.2. The van der Waals surface area contributed by atoms with Crippen LogP contribution < -0.4 is 26.2 Å². The number of nitrogens with zero attached hydrogens (tertiary/aromatic N) is 8. The molecule has 0 radical (unpaired) electrons. The lowest BCUT2D eigenvalue weighted by molar-refractivity contribution is -0.192. The summed E-state index contributed by atoms with van der Waals surface area (Å²) in [4.78, 5) is 71.6. The number of nitrogens with one attached hydrogen (secondary N) is 1. The smallest absolute Gasteiger partial charge is 0.430 e. The van der Waals surface area contributed by atoms with E-state index in [0.717, 1.165) is 40.9 Å². The number of thiophene rings is 1. The zero-order valence-corrected chi connectivity index (χ0v) is 44.6. The number of carbonyl (C=O) groups excluding carboxylic acids is 3. The molecule has 9 heterocycles. The van der Waals surface area contributed by atoms with Crippen LogP contribution in [0, 0.1) is 28.8 Å². The molecule has 3 saturated heterocycles. The molecule has 0 saturated carbocycles. The van der Waals surface area contributed by atoms with Gasteiger partial charge in [0.05, 0.1) is 61.1 Å². The van der Waals surface area contributed by atoms with Crippen molar-refractivity contribution < 1.29 is 64.4 Å². The van der Waals surface area contributed by atoms with Crippen molar-refractivity contribution in [3.05, 3.63) is 110 Å². The molecule has 2 amide bonds. The summed E-state index contributed by atoms with van der Waals surface area (Å²) in [6.45, 7) is 4.49. The lowest BCUT2D eigenvalue weighted by Gasteiger charge is -2.37. The van der Waals surface area contributed by atoms with Crippen molar-refractivity contribution in [2.75, 3.05) is 61.8 Å². The number of rotatable bonds is 10. The number of nitrogens with two attached hydrogens (primary N) is 1. The highest BCUT2D eigenvalue weighted by Crippen LogP contribution is 2.47. The molecule has 4 N–H and O–H groups in total. The minimum absolute atomic E-state index is 0.00513. The molecule has 4 atom stereocenters. The first-order valence-electron chi connectivity index (χ1n) is 25.7. The summed E-state index contributed by atoms with van der Waals surface area (Å²) in [6.07, 6.45) is -10.0. The average Bonchev–Trinajstić information content (AvgIpc) is 4.35. The highest BCUT2D eigenvalue weighted by Gasteiger charge is 2.51. The standard InChI is InChI=1S/C55H44ClF7N10O8S/c1-3-54(78)32-16-38-42-26(20-73(38)49(75)31(32)22-79-50(54)76)13-25-14-37(35(59)17-36(25)66-42)67-52(77)81-45(55(61,62)63)24(2)48(74)71-11-9-70(10-12-71)47-29-15-33(56)40(28-5-6-34(58)44-39(28)30(19-64)46(65)82-44)41(60)43(29)68-51(69-47)80-23-53-7-4-8-72(53)21-27(57)18-53/h5-6,13-17,27,45,78H,2-4,7-12,18,20-23,65H2,1H3,(H,67,77). The van der Waals surface area contributed by atoms with Gasteiger partial charge in [-0.2, -0.15) is 28.4 Å². The number of pyridine rings is 2. The van der Waals surface area contributed by atoms with Crippen LogP contribution >= 0.6 is 22.9 Å². The Balaban J connectivity index is 0.781. The zero-order valence-electron chi connectivity index (χ0n) is 43.0. The van der Waals surface area contributed by atoms with Gasteiger partial charge in [-0.25, -0.2) is 32.1 Å². The fourth-order valence-corrected chi connectivity index (χ4v) is 13.2. The Hall–Kier alpha value is -8.12. The first-order chi connectivity index (χ1) is 39.0. The third-order valence-electron chi connectivity index (χ3n) is 16.1. The van der Waals surface area contributed by atoms with Gasteiger partial charge in [-0.3, -0.25) is 19.8 Å². The number of benzene rings is 3. The molecule has 0 spiro atoms. The average molecular weight is 1170 g/mol. The molecular formula is C55H44ClF7N10O8S. The van der Waals surface area contributed by atoms with E-state index in [4.69, 9.17) is 31.5 Å². The minimum atomic E-state index is -5.40. The number of halogens is 8. The second kappa shape index (κ2) is 19.8. The van der Waals surface area contributed by atoms with Crippen LogP contribution in [-0.2, 0) is 37.8 Å². The lowest BCUT2D eigenvalue weighted by atomic mass is 9.86. The number of ether oxygens (including phenoxy) is 3. The second-order valence-electron chi connectivity index (χ2n) is 20.8. The Morgan fingerprint density at radius 3 is 2.57 bits per heavy atom. The zero-order chi connectivity index (χ0) is 58.1. The number of fused-ring (bicyclic) bond motifs is 8. The van der Waals surface area contributed by atoms with Crippen molar-refractivity contribution in [2.24, 2.45) is 0 Å². The summed E-state index contributed by atoms with van der Waals surface area (Å²) in [5, 5.41) is 23.2. The molecule has 4 unspecified atom stereocenters. The van der Waals surface area contributed by atoms with Crippen molar-refractivity contribution >= 4 is 89.3 Å². The van der Waals surface area contributed by atoms with E-state index < -0.39 is 81.8 Å². The van der Waals surface area contributed by atoms with Gasteiger partial charge in [-0.15, -0.1) is 11.3 Å². The maximum Gasteiger partial charge on any atom is 0.430 e. The van der Waals surface area contributed by atoms with Crippen LogP contribution in [-0.4, -0.2) is 122 Å². The van der Waals surface area contributed by atoms with Gasteiger partial charge in [-0.1, -0.05) is 31.2 Å². The van der Waals surface area contributed by atoms with Crippen LogP contribution in [0.5, 0.6) is 6.01 Å². The van der Waals surface area contributed by atoms with Crippen LogP contribution in [0.4, 0.5) is 52.0 Å². The molecule has 82 heavy (non-hydrogen) atoms. The van der Waals surface area contributed by atoms with Crippen molar-refractivity contribution in [2.45, 2.75) is 75.4 Å². The van der Waals surface area contributed by atoms with Crippen LogP contribution in [0.15, 0.2) is 59.4 Å². The Kier molecular flexibility index (Phi) is 13.2. The van der Waals surface area contributed by atoms with Crippen molar-refractivity contribution in [1.29, 1.82) is 5.26 Å². The van der Waals surface area contributed by atoms with E-state index in [1.165, 1.54) is 28.8 Å². The summed E-state index contributed by atoms with van der Waals surface area (Å²) in [7, 11) is 0. The van der Waals surface area contributed by atoms with Gasteiger partial charge in [0.2, 0.25) is 6.10 Å². The van der Waals surface area contributed by atoms with E-state index in [1.54, 1.807) is 11.8 Å². The van der Waals surface area contributed by atoms with Gasteiger partial charge in [0.1, 0.15) is 53.4 Å². The number of piperazine rings is 1. The predicted molar refractivity (Wildman–Crippen MR) is 285 cm³/mol. The molecule has 0 aliphatic carbocycles. The number of hydrogen-bond acceptors (Lipinski definition) is 16. The van der Waals surface area contributed by atoms with Gasteiger partial charge in [0.15, 0.2) is 11.4 Å². The van der Waals surface area contributed by atoms with E-state index in [1.807, 2.05) is 16.3 Å².